The van der Waals surface area contributed by atoms with Gasteiger partial charge in [-0.05, 0) is 140 Å². The maximum atomic E-state index is 2.49. The van der Waals surface area contributed by atoms with E-state index < -0.39 is 5.41 Å². The first-order chi connectivity index (χ1) is 32.5. The third kappa shape index (κ3) is 5.55. The molecule has 66 heavy (non-hydrogen) atoms. The molecule has 2 aliphatic carbocycles. The first-order valence-electron chi connectivity index (χ1n) is 23.1. The van der Waals surface area contributed by atoms with Gasteiger partial charge in [0.25, 0.3) is 0 Å². The zero-order valence-corrected chi connectivity index (χ0v) is 37.0. The van der Waals surface area contributed by atoms with Crippen LogP contribution in [0.4, 0.5) is 17.1 Å². The Hall–Kier alpha value is -8.20. The molecule has 0 unspecified atom stereocenters. The predicted molar refractivity (Wildman–Crippen MR) is 276 cm³/mol. The number of para-hydroxylation sites is 3. The predicted octanol–water partition coefficient (Wildman–Crippen LogP) is 16.6. The molecular weight excluding hydrogens is 797 g/mol. The molecule has 0 N–H and O–H groups in total. The normalized spacial score (nSPS) is 13.8. The lowest BCUT2D eigenvalue weighted by Crippen LogP contribution is -2.28. The van der Waals surface area contributed by atoms with E-state index in [4.69, 9.17) is 0 Å². The first kappa shape index (κ1) is 38.3. The summed E-state index contributed by atoms with van der Waals surface area (Å²) in [5, 5.41) is 2.50. The molecular formula is C64H46N2. The standard InChI is InChI=1S/C64H46N2/c1-63(2)57-29-17-15-27-51(57)52-36-33-49(41-58(52)63)65(47-23-11-5-12-24-47)50-34-37-54-53-35-31-44(40-59(53)64(60(54)42-50,45-19-7-3-8-20-45)46-21-9-4-10-22-46)43-32-38-62-56(39-43)55-28-16-18-30-61(55)66(62)48-25-13-6-14-26-48/h3-42H,1-2H3. The van der Waals surface area contributed by atoms with Crippen molar-refractivity contribution < 1.29 is 0 Å². The van der Waals surface area contributed by atoms with Gasteiger partial charge in [-0.15, -0.1) is 0 Å². The highest BCUT2D eigenvalue weighted by Crippen LogP contribution is 2.58. The summed E-state index contributed by atoms with van der Waals surface area (Å²) < 4.78 is 2.39. The van der Waals surface area contributed by atoms with Crippen LogP contribution in [-0.2, 0) is 10.8 Å². The number of nitrogens with zero attached hydrogens (tertiary/aromatic N) is 2. The van der Waals surface area contributed by atoms with Crippen molar-refractivity contribution in [1.29, 1.82) is 0 Å². The number of rotatable bonds is 7. The fourth-order valence-corrected chi connectivity index (χ4v) is 11.7. The molecule has 312 valence electrons. The van der Waals surface area contributed by atoms with Crippen LogP contribution in [0.25, 0.3) is 60.9 Å². The summed E-state index contributed by atoms with van der Waals surface area (Å²) in [6, 6.07) is 90.1. The molecule has 0 fully saturated rings. The molecule has 2 heteroatoms. The number of hydrogen-bond donors (Lipinski definition) is 0. The van der Waals surface area contributed by atoms with Gasteiger partial charge in [-0.25, -0.2) is 0 Å². The Morgan fingerprint density at radius 2 is 0.818 bits per heavy atom. The second-order valence-corrected chi connectivity index (χ2v) is 18.5. The highest BCUT2D eigenvalue weighted by Gasteiger charge is 2.47. The van der Waals surface area contributed by atoms with Gasteiger partial charge >= 0.3 is 0 Å². The van der Waals surface area contributed by atoms with Crippen LogP contribution in [0, 0.1) is 0 Å². The average molecular weight is 843 g/mol. The van der Waals surface area contributed by atoms with Gasteiger partial charge < -0.3 is 9.47 Å². The molecule has 11 aromatic rings. The van der Waals surface area contributed by atoms with Crippen LogP contribution >= 0.6 is 0 Å². The number of aromatic nitrogens is 1. The van der Waals surface area contributed by atoms with Gasteiger partial charge in [0.15, 0.2) is 0 Å². The summed E-state index contributed by atoms with van der Waals surface area (Å²) in [4.78, 5) is 2.45. The summed E-state index contributed by atoms with van der Waals surface area (Å²) in [6.45, 7) is 4.73. The summed E-state index contributed by atoms with van der Waals surface area (Å²) >= 11 is 0. The van der Waals surface area contributed by atoms with Crippen LogP contribution in [0.2, 0.25) is 0 Å². The zero-order valence-electron chi connectivity index (χ0n) is 37.0. The molecule has 1 aromatic heterocycles. The smallest absolute Gasteiger partial charge is 0.0714 e. The van der Waals surface area contributed by atoms with E-state index in [1.165, 1.54) is 88.6 Å². The van der Waals surface area contributed by atoms with Crippen molar-refractivity contribution in [2.75, 3.05) is 4.90 Å². The summed E-state index contributed by atoms with van der Waals surface area (Å²) in [6.07, 6.45) is 0. The monoisotopic (exact) mass is 842 g/mol. The largest absolute Gasteiger partial charge is 0.310 e. The maximum Gasteiger partial charge on any atom is 0.0714 e. The molecule has 0 saturated carbocycles. The molecule has 0 bridgehead atoms. The van der Waals surface area contributed by atoms with Crippen molar-refractivity contribution in [2.45, 2.75) is 24.7 Å². The number of hydrogen-bond acceptors (Lipinski definition) is 1. The van der Waals surface area contributed by atoms with Crippen molar-refractivity contribution >= 4 is 38.9 Å². The Labute approximate surface area is 386 Å². The Kier molecular flexibility index (Phi) is 8.51. The average Bonchev–Trinajstić information content (AvgIpc) is 3.95. The Balaban J connectivity index is 1.02. The first-order valence-corrected chi connectivity index (χ1v) is 23.1. The lowest BCUT2D eigenvalue weighted by molar-refractivity contribution is 0.660. The van der Waals surface area contributed by atoms with Crippen molar-refractivity contribution in [1.82, 2.24) is 4.57 Å². The fraction of sp³-hybridized carbons (Fsp3) is 0.0625. The lowest BCUT2D eigenvalue weighted by atomic mass is 9.67. The molecule has 0 amide bonds. The van der Waals surface area contributed by atoms with E-state index in [1.807, 2.05) is 0 Å². The van der Waals surface area contributed by atoms with Crippen LogP contribution in [0.1, 0.15) is 47.2 Å². The Morgan fingerprint density at radius 3 is 1.52 bits per heavy atom. The van der Waals surface area contributed by atoms with Crippen LogP contribution in [0.3, 0.4) is 0 Å². The lowest BCUT2D eigenvalue weighted by Gasteiger charge is -2.35. The Morgan fingerprint density at radius 1 is 0.333 bits per heavy atom. The van der Waals surface area contributed by atoms with Gasteiger partial charge in [0.1, 0.15) is 0 Å². The van der Waals surface area contributed by atoms with Crippen molar-refractivity contribution in [3.8, 4) is 39.1 Å². The topological polar surface area (TPSA) is 8.17 Å². The van der Waals surface area contributed by atoms with Crippen molar-refractivity contribution in [2.24, 2.45) is 0 Å². The highest BCUT2D eigenvalue weighted by atomic mass is 15.1. The quantitative estimate of drug-likeness (QED) is 0.155. The molecule has 0 spiro atoms. The molecule has 0 aliphatic heterocycles. The van der Waals surface area contributed by atoms with Crippen LogP contribution in [-0.4, -0.2) is 4.57 Å². The maximum absolute atomic E-state index is 2.49. The van der Waals surface area contributed by atoms with Gasteiger partial charge in [0.2, 0.25) is 0 Å². The zero-order chi connectivity index (χ0) is 44.0. The molecule has 2 aliphatic rings. The van der Waals surface area contributed by atoms with Crippen molar-refractivity contribution in [3.05, 3.63) is 276 Å². The third-order valence-corrected chi connectivity index (χ3v) is 14.7. The van der Waals surface area contributed by atoms with Crippen molar-refractivity contribution in [3.63, 3.8) is 0 Å². The molecule has 13 rings (SSSR count). The van der Waals surface area contributed by atoms with E-state index in [-0.39, 0.29) is 5.41 Å². The minimum Gasteiger partial charge on any atom is -0.310 e. The minimum atomic E-state index is -0.601. The SMILES string of the molecule is CC1(C)c2ccccc2-c2ccc(N(c3ccccc3)c3ccc4c(c3)C(c3ccccc3)(c3ccccc3)c3cc(-c5ccc6c(c5)c5ccccc5n6-c5ccccc5)ccc3-4)cc21. The van der Waals surface area contributed by atoms with Crippen LogP contribution in [0.15, 0.2) is 243 Å². The van der Waals surface area contributed by atoms with E-state index in [0.29, 0.717) is 0 Å². The van der Waals surface area contributed by atoms with Crippen LogP contribution < -0.4 is 4.90 Å². The van der Waals surface area contributed by atoms with Gasteiger partial charge in [0.05, 0.1) is 16.4 Å². The highest BCUT2D eigenvalue weighted by molar-refractivity contribution is 6.10. The van der Waals surface area contributed by atoms with Gasteiger partial charge in [-0.2, -0.15) is 0 Å². The van der Waals surface area contributed by atoms with Gasteiger partial charge in [-0.1, -0.05) is 184 Å². The summed E-state index contributed by atoms with van der Waals surface area (Å²) in [5.74, 6) is 0. The molecule has 0 saturated heterocycles. The van der Waals surface area contributed by atoms with E-state index >= 15 is 0 Å². The Bertz CT molecular complexity index is 3620. The number of benzene rings is 10. The van der Waals surface area contributed by atoms with Gasteiger partial charge in [-0.3, -0.25) is 0 Å². The van der Waals surface area contributed by atoms with E-state index in [9.17, 15) is 0 Å². The minimum absolute atomic E-state index is 0.124. The summed E-state index contributed by atoms with van der Waals surface area (Å²) in [7, 11) is 0. The number of fused-ring (bicyclic) bond motifs is 9. The molecule has 10 aromatic carbocycles. The van der Waals surface area contributed by atoms with Crippen LogP contribution in [0.5, 0.6) is 0 Å². The fourth-order valence-electron chi connectivity index (χ4n) is 11.7. The van der Waals surface area contributed by atoms with E-state index in [1.54, 1.807) is 0 Å². The molecule has 0 atom stereocenters. The van der Waals surface area contributed by atoms with E-state index in [2.05, 4.69) is 266 Å². The number of anilines is 3. The molecule has 0 radical (unpaired) electrons. The molecule has 1 heterocycles. The second kappa shape index (κ2) is 14.7. The van der Waals surface area contributed by atoms with E-state index in [0.717, 1.165) is 22.7 Å². The molecule has 2 nitrogen and oxygen atoms in total. The summed E-state index contributed by atoms with van der Waals surface area (Å²) in [5.41, 5.74) is 21.6. The second-order valence-electron chi connectivity index (χ2n) is 18.5. The third-order valence-electron chi connectivity index (χ3n) is 14.7. The van der Waals surface area contributed by atoms with Gasteiger partial charge in [0, 0.05) is 38.9 Å².